The van der Waals surface area contributed by atoms with Crippen molar-refractivity contribution in [2.24, 2.45) is 17.2 Å². The molecule has 0 spiro atoms. The fourth-order valence-corrected chi connectivity index (χ4v) is 16.5. The molecule has 644 valence electrons. The van der Waals surface area contributed by atoms with Crippen LogP contribution >= 0.6 is 0 Å². The van der Waals surface area contributed by atoms with Crippen LogP contribution in [0.15, 0.2) is 287 Å². The molecule has 0 saturated carbocycles. The van der Waals surface area contributed by atoms with Gasteiger partial charge >= 0.3 is 0 Å². The summed E-state index contributed by atoms with van der Waals surface area (Å²) < 4.78 is 17.8. The van der Waals surface area contributed by atoms with E-state index in [1.807, 2.05) is 203 Å². The molecule has 25 nitrogen and oxygen atoms in total. The Kier molecular flexibility index (Phi) is 32.6. The van der Waals surface area contributed by atoms with Gasteiger partial charge in [0.05, 0.1) is 35.8 Å². The fourth-order valence-electron chi connectivity index (χ4n) is 16.5. The first-order valence-electron chi connectivity index (χ1n) is 43.2. The van der Waals surface area contributed by atoms with E-state index in [0.717, 1.165) is 48.3 Å². The van der Waals surface area contributed by atoms with Crippen molar-refractivity contribution in [1.29, 1.82) is 0 Å². The van der Waals surface area contributed by atoms with E-state index in [4.69, 9.17) is 30.7 Å². The zero-order valence-corrected chi connectivity index (χ0v) is 70.6. The number of nitrogens with two attached hydrogens (primary N) is 3. The molecule has 0 bridgehead atoms. The van der Waals surface area contributed by atoms with E-state index in [2.05, 4.69) is 120 Å². The zero-order valence-electron chi connectivity index (χ0n) is 70.6. The van der Waals surface area contributed by atoms with Crippen LogP contribution in [0.1, 0.15) is 152 Å². The second kappa shape index (κ2) is 45.4. The third-order valence-corrected chi connectivity index (χ3v) is 23.1. The average Bonchev–Trinajstić information content (AvgIpc) is 1.51. The largest absolute Gasteiger partial charge is 0.461 e. The number of hydrogen-bond donors (Lipinski definition) is 9. The fraction of sp³-hybridized carbons (Fsp3) is 0.323. The summed E-state index contributed by atoms with van der Waals surface area (Å²) in [6.45, 7) is 10.2. The van der Waals surface area contributed by atoms with Crippen LogP contribution in [0.2, 0.25) is 0 Å². The first-order chi connectivity index (χ1) is 60.7. The van der Waals surface area contributed by atoms with Crippen LogP contribution in [0.3, 0.4) is 0 Å². The first-order valence-corrected chi connectivity index (χ1v) is 43.2. The molecule has 12 N–H and O–H groups in total. The summed E-state index contributed by atoms with van der Waals surface area (Å²) in [4.78, 5) is 86.2. The van der Waals surface area contributed by atoms with Crippen LogP contribution in [0.4, 0.5) is 0 Å². The maximum atomic E-state index is 13.9. The summed E-state index contributed by atoms with van der Waals surface area (Å²) in [6.07, 6.45) is 7.80. The van der Waals surface area contributed by atoms with Gasteiger partial charge in [-0.2, -0.15) is 5.10 Å². The van der Waals surface area contributed by atoms with E-state index in [1.165, 1.54) is 39.6 Å². The van der Waals surface area contributed by atoms with Gasteiger partial charge in [0.1, 0.15) is 0 Å². The summed E-state index contributed by atoms with van der Waals surface area (Å²) in [6, 6.07) is 86.4. The molecular formula is C99H114N16O9. The second-order valence-electron chi connectivity index (χ2n) is 31.9. The number of carbonyl (C=O) groups is 6. The Bertz CT molecular complexity index is 5160. The molecule has 3 fully saturated rings. The summed E-state index contributed by atoms with van der Waals surface area (Å²) >= 11 is 0. The van der Waals surface area contributed by atoms with Crippen LogP contribution < -0.4 is 49.1 Å². The van der Waals surface area contributed by atoms with Gasteiger partial charge in [0.2, 0.25) is 23.5 Å². The Morgan fingerprint density at radius 2 is 0.750 bits per heavy atom. The van der Waals surface area contributed by atoms with Crippen molar-refractivity contribution < 1.29 is 42.2 Å². The van der Waals surface area contributed by atoms with E-state index < -0.39 is 0 Å². The molecule has 12 aromatic rings. The molecule has 4 aromatic heterocycles. The number of furan rings is 1. The highest BCUT2D eigenvalue weighted by Gasteiger charge is 2.37. The summed E-state index contributed by atoms with van der Waals surface area (Å²) in [5, 5.41) is 32.0. The molecule has 15 rings (SSSR count). The Hall–Kier alpha value is -12.8. The van der Waals surface area contributed by atoms with Crippen molar-refractivity contribution in [1.82, 2.24) is 66.7 Å². The number of aryl methyl sites for hydroxylation is 2. The van der Waals surface area contributed by atoms with Crippen molar-refractivity contribution in [3.63, 3.8) is 0 Å². The van der Waals surface area contributed by atoms with Crippen molar-refractivity contribution >= 4 is 35.4 Å². The predicted octanol–water partition coefficient (Wildman–Crippen LogP) is 12.3. The van der Waals surface area contributed by atoms with Crippen molar-refractivity contribution in [2.45, 2.75) is 126 Å². The van der Waals surface area contributed by atoms with E-state index in [-0.39, 0.29) is 101 Å². The lowest BCUT2D eigenvalue weighted by molar-refractivity contribution is -0.133. The third-order valence-electron chi connectivity index (χ3n) is 23.1. The van der Waals surface area contributed by atoms with Gasteiger partial charge in [-0.3, -0.25) is 28.8 Å². The number of rotatable bonds is 33. The standard InChI is InChI=1S/C35H42N6O2.C33H37N5O3.C31H35N5O4/c1-25-22-26(2)41(39-25)31-17-15-29(16-18-31)34(42)37-23-30-19-21-40(35(43)33(38-30)14-9-20-36)24-32(27-10-5-3-6-11-27)28-12-7-4-8-13-28;34-19-10-17-29-33(40)38(23-28(24-11-4-1-5-12-24)25-13-6-2-7-14-25)20-18-27(36-29)22-35-32(39)30-21-31(41-37-30)26-15-8-3-9-16-26;32-16-7-13-26-31(38)36(21-25(22-9-3-1-4-10-22)23-11-5-2-6-12-23)17-15-24(34-26)20-33-30(37)27-19-29(40-35-27)28-14-8-18-39-28/h3-8,10-13,15-18,22,30,32-33,38H,9,14,19-21,23-24,36H2,1-2H3,(H,37,42);1-9,11-16,21,27-29,36H,10,17-20,22-23,34H2,(H,35,39);1-6,8-12,14,18-19,24-26,34H,7,13,15-17,20-21,32H2,(H,33,37)/t30-,33-;27-,29-;24-,26-/m000/s1. The topological polar surface area (TPSA) is 345 Å². The SMILES string of the molecule is Cc1cc(C)n(-c2ccc(C(=O)NC[C@@H]3CCN(CC(c4ccccc4)c4ccccc4)C(=O)[C@H](CCCN)N3)cc2)n1.NCCC[C@@H]1N[C@H](CNC(=O)c2cc(-c3ccccc3)on2)CCN(CC(c2ccccc2)c2ccccc2)C1=O.NCCC[C@@H]1N[C@H](CNC(=O)c2cc(-c3ccco3)on2)CCN(CC(c2ccccc2)c2ccccc2)C1=O. The van der Waals surface area contributed by atoms with Gasteiger partial charge in [0.15, 0.2) is 22.9 Å². The van der Waals surface area contributed by atoms with E-state index in [1.54, 1.807) is 24.3 Å². The van der Waals surface area contributed by atoms with Crippen LogP contribution in [-0.4, -0.2) is 185 Å². The Balaban J connectivity index is 0.000000160. The maximum absolute atomic E-state index is 13.9. The van der Waals surface area contributed by atoms with E-state index in [9.17, 15) is 28.8 Å². The van der Waals surface area contributed by atoms with Gasteiger partial charge in [-0.1, -0.05) is 223 Å². The van der Waals surface area contributed by atoms with E-state index >= 15 is 0 Å². The Morgan fingerprint density at radius 1 is 0.411 bits per heavy atom. The number of nitrogens with one attached hydrogen (secondary N) is 6. The van der Waals surface area contributed by atoms with Crippen molar-refractivity contribution in [2.75, 3.05) is 78.5 Å². The minimum absolute atomic E-state index is 0.0402. The van der Waals surface area contributed by atoms with E-state index in [0.29, 0.717) is 133 Å². The Labute approximate surface area is 725 Å². The minimum Gasteiger partial charge on any atom is -0.461 e. The number of amides is 6. The Morgan fingerprint density at radius 3 is 1.08 bits per heavy atom. The number of nitrogens with zero attached hydrogens (tertiary/aromatic N) is 7. The molecule has 0 unspecified atom stereocenters. The quantitative estimate of drug-likeness (QED) is 0.0184. The minimum atomic E-state index is -0.377. The van der Waals surface area contributed by atoms with Gasteiger partial charge in [0.25, 0.3) is 17.7 Å². The molecule has 7 heterocycles. The molecule has 3 aliphatic heterocycles. The number of carbonyl (C=O) groups excluding carboxylic acids is 6. The van der Waals surface area contributed by atoms with Crippen LogP contribution in [-0.2, 0) is 14.4 Å². The maximum Gasteiger partial charge on any atom is 0.273 e. The molecule has 3 aliphatic rings. The number of aromatic nitrogens is 4. The first kappa shape index (κ1) is 89.0. The summed E-state index contributed by atoms with van der Waals surface area (Å²) in [5.41, 5.74) is 29.3. The van der Waals surface area contributed by atoms with Gasteiger partial charge in [-0.05, 0) is 167 Å². The van der Waals surface area contributed by atoms with Crippen molar-refractivity contribution in [3.05, 3.63) is 335 Å². The highest BCUT2D eigenvalue weighted by atomic mass is 16.5. The third kappa shape index (κ3) is 24.6. The normalized spacial score (nSPS) is 17.4. The molecule has 0 radical (unpaired) electrons. The average molecular weight is 1670 g/mol. The molecule has 0 aliphatic carbocycles. The smallest absolute Gasteiger partial charge is 0.273 e. The lowest BCUT2D eigenvalue weighted by Gasteiger charge is -2.29. The zero-order chi connectivity index (χ0) is 86.4. The molecule has 3 saturated heterocycles. The number of hydrogen-bond acceptors (Lipinski definition) is 18. The monoisotopic (exact) mass is 1670 g/mol. The second-order valence-corrected chi connectivity index (χ2v) is 31.9. The molecule has 124 heavy (non-hydrogen) atoms. The lowest BCUT2D eigenvalue weighted by atomic mass is 9.90. The molecule has 8 aromatic carbocycles. The molecule has 25 heteroatoms. The van der Waals surface area contributed by atoms with Crippen LogP contribution in [0, 0.1) is 13.8 Å². The number of benzene rings is 8. The van der Waals surface area contributed by atoms with Gasteiger partial charge in [-0.25, -0.2) is 4.68 Å². The van der Waals surface area contributed by atoms with Gasteiger partial charge in [-0.15, -0.1) is 0 Å². The summed E-state index contributed by atoms with van der Waals surface area (Å²) in [7, 11) is 0. The highest BCUT2D eigenvalue weighted by Crippen LogP contribution is 2.32. The summed E-state index contributed by atoms with van der Waals surface area (Å²) in [5.74, 6) is 1.05. The molecule has 6 amide bonds. The highest BCUT2D eigenvalue weighted by molar-refractivity contribution is 5.95. The van der Waals surface area contributed by atoms with Crippen LogP contribution in [0.5, 0.6) is 0 Å². The lowest BCUT2D eigenvalue weighted by Crippen LogP contribution is -2.49. The van der Waals surface area contributed by atoms with Gasteiger partial charge < -0.3 is 77.3 Å². The predicted molar refractivity (Wildman–Crippen MR) is 481 cm³/mol. The molecular weight excluding hydrogens is 1560 g/mol. The van der Waals surface area contributed by atoms with Gasteiger partial charge in [0, 0.05) is 124 Å². The van der Waals surface area contributed by atoms with Crippen molar-refractivity contribution in [3.8, 4) is 28.5 Å². The molecule has 6 atom stereocenters. The van der Waals surface area contributed by atoms with Crippen LogP contribution in [0.25, 0.3) is 28.5 Å².